The molecule has 0 spiro atoms. The first-order chi connectivity index (χ1) is 9.63. The summed E-state index contributed by atoms with van der Waals surface area (Å²) in [5.74, 6) is 0.547. The number of aliphatic hydroxyl groups excluding tert-OH is 1. The first-order valence-electron chi connectivity index (χ1n) is 6.93. The number of rotatable bonds is 9. The molecule has 0 saturated heterocycles. The fourth-order valence-corrected chi connectivity index (χ4v) is 1.91. The normalized spacial score (nSPS) is 14.6. The van der Waals surface area contributed by atoms with Crippen molar-refractivity contribution in [3.63, 3.8) is 0 Å². The lowest BCUT2D eigenvalue weighted by Gasteiger charge is -2.20. The topological polar surface area (TPSA) is 53.9 Å². The molecule has 0 unspecified atom stereocenters. The Kier molecular flexibility index (Phi) is 8.00. The number of aliphatic imine (C=N–C) groups is 1. The Morgan fingerprint density at radius 2 is 2.00 bits per heavy atom. The molecule has 1 aromatic carbocycles. The summed E-state index contributed by atoms with van der Waals surface area (Å²) in [6.07, 6.45) is 1.24. The summed E-state index contributed by atoms with van der Waals surface area (Å²) in [4.78, 5) is 4.17. The molecule has 0 amide bonds. The van der Waals surface area contributed by atoms with Crippen molar-refractivity contribution in [2.45, 2.75) is 32.4 Å². The van der Waals surface area contributed by atoms with Gasteiger partial charge in [-0.25, -0.2) is 0 Å². The van der Waals surface area contributed by atoms with Crippen molar-refractivity contribution in [2.24, 2.45) is 10.9 Å². The minimum Gasteiger partial charge on any atom is -0.560 e. The molecule has 2 atom stereocenters. The second kappa shape index (κ2) is 9.56. The van der Waals surface area contributed by atoms with Crippen LogP contribution < -0.4 is 5.32 Å². The Morgan fingerprint density at radius 1 is 1.30 bits per heavy atom. The monoisotopic (exact) mass is 274 g/mol. The summed E-state index contributed by atoms with van der Waals surface area (Å²) in [7, 11) is 4.96. The van der Waals surface area contributed by atoms with E-state index in [9.17, 15) is 5.11 Å². The summed E-state index contributed by atoms with van der Waals surface area (Å²) in [5.41, 5.74) is 1.12. The van der Waals surface area contributed by atoms with Crippen LogP contribution in [0.2, 0.25) is 0 Å². The van der Waals surface area contributed by atoms with Crippen molar-refractivity contribution in [3.8, 4) is 0 Å². The maximum Gasteiger partial charge on any atom is 0.375 e. The lowest BCUT2D eigenvalue weighted by molar-refractivity contribution is 0.141. The molecule has 0 aliphatic rings. The van der Waals surface area contributed by atoms with Crippen molar-refractivity contribution >= 4 is 14.4 Å². The van der Waals surface area contributed by atoms with E-state index in [1.807, 2.05) is 30.3 Å². The zero-order chi connectivity index (χ0) is 14.8. The van der Waals surface area contributed by atoms with E-state index >= 15 is 0 Å². The molecular formula is C15H23BN2O2. The van der Waals surface area contributed by atoms with Crippen LogP contribution in [-0.2, 0) is 11.1 Å². The summed E-state index contributed by atoms with van der Waals surface area (Å²) in [6, 6.07) is 9.66. The molecule has 0 saturated carbocycles. The number of hydrogen-bond acceptors (Lipinski definition) is 4. The highest BCUT2D eigenvalue weighted by atomic mass is 16.4. The van der Waals surface area contributed by atoms with Gasteiger partial charge >= 0.3 is 8.05 Å². The number of hydrogen-bond donors (Lipinski definition) is 2. The second-order valence-corrected chi connectivity index (χ2v) is 5.27. The molecule has 0 fully saturated rings. The van der Waals surface area contributed by atoms with Gasteiger partial charge in [-0.1, -0.05) is 44.2 Å². The quantitative estimate of drug-likeness (QED) is 0.406. The van der Waals surface area contributed by atoms with Crippen LogP contribution in [0, 0.1) is 5.92 Å². The first-order valence-corrected chi connectivity index (χ1v) is 6.93. The molecule has 1 rings (SSSR count). The minimum absolute atomic E-state index is 0.277. The van der Waals surface area contributed by atoms with Crippen LogP contribution in [0.3, 0.4) is 0 Å². The van der Waals surface area contributed by atoms with Crippen molar-refractivity contribution in [1.29, 1.82) is 0 Å². The van der Waals surface area contributed by atoms with Crippen molar-refractivity contribution in [3.05, 3.63) is 35.9 Å². The van der Waals surface area contributed by atoms with Crippen molar-refractivity contribution in [1.82, 2.24) is 5.32 Å². The Hall–Kier alpha value is -1.33. The van der Waals surface area contributed by atoms with Crippen LogP contribution in [0.5, 0.6) is 0 Å². The molecule has 20 heavy (non-hydrogen) atoms. The lowest BCUT2D eigenvalue weighted by atomic mass is 10.0. The summed E-state index contributed by atoms with van der Waals surface area (Å²) in [5, 5.41) is 13.5. The van der Waals surface area contributed by atoms with Gasteiger partial charge in [-0.15, -0.1) is 0 Å². The van der Waals surface area contributed by atoms with E-state index in [2.05, 4.69) is 28.8 Å². The lowest BCUT2D eigenvalue weighted by Crippen LogP contribution is -2.38. The van der Waals surface area contributed by atoms with Crippen LogP contribution >= 0.6 is 0 Å². The van der Waals surface area contributed by atoms with E-state index in [0.717, 1.165) is 12.1 Å². The predicted octanol–water partition coefficient (Wildman–Crippen LogP) is 1.33. The summed E-state index contributed by atoms with van der Waals surface area (Å²) < 4.78 is 4.38. The third kappa shape index (κ3) is 6.73. The molecule has 1 aromatic rings. The van der Waals surface area contributed by atoms with Gasteiger partial charge in [0, 0.05) is 6.54 Å². The maximum absolute atomic E-state index is 10.2. The molecule has 0 aliphatic carbocycles. The molecular weight excluding hydrogens is 251 g/mol. The van der Waals surface area contributed by atoms with E-state index in [0.29, 0.717) is 18.9 Å². The fraction of sp³-hybridized carbons (Fsp3) is 0.533. The first kappa shape index (κ1) is 16.7. The van der Waals surface area contributed by atoms with Crippen LogP contribution in [0.25, 0.3) is 0 Å². The predicted molar refractivity (Wildman–Crippen MR) is 83.0 cm³/mol. The molecule has 0 aliphatic heterocycles. The molecule has 108 valence electrons. The van der Waals surface area contributed by atoms with Crippen LogP contribution in [0.1, 0.15) is 19.4 Å². The minimum atomic E-state index is -0.583. The van der Waals surface area contributed by atoms with Gasteiger partial charge in [-0.3, -0.25) is 4.99 Å². The van der Waals surface area contributed by atoms with Crippen molar-refractivity contribution in [2.75, 3.05) is 13.1 Å². The highest BCUT2D eigenvalue weighted by molar-refractivity contribution is 6.02. The average molecular weight is 274 g/mol. The summed E-state index contributed by atoms with van der Waals surface area (Å²) in [6.45, 7) is 5.62. The standard InChI is InChI=1S/C15H23BN2O2/c1-12(2)9-17-10-15(19)14(18-11-20-16)8-13-6-4-3-5-7-13/h3-7,11-12,14-15,17,19H,8-10H2,1-2H3/t14-,15+/m0/s1. The van der Waals surface area contributed by atoms with Crippen molar-refractivity contribution < 1.29 is 9.76 Å². The third-order valence-corrected chi connectivity index (χ3v) is 2.95. The number of nitrogens with one attached hydrogen (secondary N) is 1. The van der Waals surface area contributed by atoms with Gasteiger partial charge in [0.1, 0.15) is 0 Å². The Bertz CT molecular complexity index is 385. The highest BCUT2D eigenvalue weighted by Gasteiger charge is 2.18. The van der Waals surface area contributed by atoms with Gasteiger partial charge in [0.05, 0.1) is 12.1 Å². The summed E-state index contributed by atoms with van der Waals surface area (Å²) >= 11 is 0. The Morgan fingerprint density at radius 3 is 2.60 bits per heavy atom. The smallest absolute Gasteiger partial charge is 0.375 e. The zero-order valence-electron chi connectivity index (χ0n) is 12.2. The van der Waals surface area contributed by atoms with E-state index in [-0.39, 0.29) is 6.04 Å². The number of aliphatic hydroxyl groups is 1. The Balaban J connectivity index is 2.56. The highest BCUT2D eigenvalue weighted by Crippen LogP contribution is 2.09. The van der Waals surface area contributed by atoms with E-state index in [1.54, 1.807) is 0 Å². The van der Waals surface area contributed by atoms with Gasteiger partial charge in [0.25, 0.3) is 0 Å². The molecule has 4 nitrogen and oxygen atoms in total. The maximum atomic E-state index is 10.2. The largest absolute Gasteiger partial charge is 0.560 e. The molecule has 0 aromatic heterocycles. The van der Waals surface area contributed by atoms with Crippen LogP contribution in [0.4, 0.5) is 0 Å². The third-order valence-electron chi connectivity index (χ3n) is 2.95. The van der Waals surface area contributed by atoms with Gasteiger partial charge in [0.15, 0.2) is 6.40 Å². The van der Waals surface area contributed by atoms with Gasteiger partial charge in [0.2, 0.25) is 0 Å². The SMILES string of the molecule is [B]OC=N[C@@H](Cc1ccccc1)[C@H](O)CNCC(C)C. The van der Waals surface area contributed by atoms with Gasteiger partial charge < -0.3 is 15.1 Å². The van der Waals surface area contributed by atoms with Crippen LogP contribution in [-0.4, -0.2) is 44.8 Å². The molecule has 0 bridgehead atoms. The number of benzene rings is 1. The van der Waals surface area contributed by atoms with E-state index in [1.165, 1.54) is 6.40 Å². The van der Waals surface area contributed by atoms with E-state index in [4.69, 9.17) is 8.05 Å². The fourth-order valence-electron chi connectivity index (χ4n) is 1.91. The van der Waals surface area contributed by atoms with Gasteiger partial charge in [-0.2, -0.15) is 0 Å². The number of nitrogens with zero attached hydrogens (tertiary/aromatic N) is 1. The zero-order valence-corrected chi connectivity index (χ0v) is 12.2. The average Bonchev–Trinajstić information content (AvgIpc) is 2.44. The Labute approximate surface area is 122 Å². The van der Waals surface area contributed by atoms with E-state index < -0.39 is 6.10 Å². The van der Waals surface area contributed by atoms with Gasteiger partial charge in [-0.05, 0) is 24.4 Å². The second-order valence-electron chi connectivity index (χ2n) is 5.27. The molecule has 2 radical (unpaired) electrons. The van der Waals surface area contributed by atoms with Crippen LogP contribution in [0.15, 0.2) is 35.3 Å². The molecule has 2 N–H and O–H groups in total. The molecule has 0 heterocycles. The molecule has 5 heteroatoms.